The number of amides is 1. The number of ether oxygens (including phenoxy) is 1. The smallest absolute Gasteiger partial charge is 0.207 e. The Morgan fingerprint density at radius 2 is 1.32 bits per heavy atom. The van der Waals surface area contributed by atoms with Gasteiger partial charge in [0.1, 0.15) is 5.78 Å². The van der Waals surface area contributed by atoms with E-state index in [0.717, 1.165) is 64.7 Å². The molecule has 1 N–H and O–H groups in total. The summed E-state index contributed by atoms with van der Waals surface area (Å²) in [7, 11) is 0. The van der Waals surface area contributed by atoms with Gasteiger partial charge in [0.15, 0.2) is 0 Å². The molecular weight excluding hydrogens is 314 g/mol. The summed E-state index contributed by atoms with van der Waals surface area (Å²) in [5.41, 5.74) is 0. The van der Waals surface area contributed by atoms with Crippen LogP contribution in [0.3, 0.4) is 0 Å². The van der Waals surface area contributed by atoms with Crippen molar-refractivity contribution in [1.82, 2.24) is 5.32 Å². The van der Waals surface area contributed by atoms with E-state index >= 15 is 0 Å². The second kappa shape index (κ2) is 27.9. The van der Waals surface area contributed by atoms with E-state index in [9.17, 15) is 9.59 Å². The summed E-state index contributed by atoms with van der Waals surface area (Å²) in [5, 5.41) is 2.67. The molecule has 0 aliphatic heterocycles. The van der Waals surface area contributed by atoms with Gasteiger partial charge in [0.05, 0.1) is 0 Å². The Bertz CT molecular complexity index is 256. The number of hydrogen-bond donors (Lipinski definition) is 1. The number of nitrogens with one attached hydrogen (secondary N) is 1. The van der Waals surface area contributed by atoms with Gasteiger partial charge in [0, 0.05) is 32.1 Å². The average molecular weight is 360 g/mol. The Morgan fingerprint density at radius 1 is 0.840 bits per heavy atom. The standard InChI is InChI=1S/C17H33NO3.2C2H6/c1-16(2)17(20)11-7-6-10-14-21-13-9-5-3-4-8-12-18-15-19;2*1-2/h15-16H,3-14H2,1-2H3,(H,18,19);2*1-2H3. The summed E-state index contributed by atoms with van der Waals surface area (Å²) < 4.78 is 5.59. The molecule has 0 aromatic carbocycles. The van der Waals surface area contributed by atoms with Crippen LogP contribution in [0.2, 0.25) is 0 Å². The van der Waals surface area contributed by atoms with Crippen molar-refractivity contribution in [3.8, 4) is 0 Å². The summed E-state index contributed by atoms with van der Waals surface area (Å²) in [5.74, 6) is 0.551. The Labute approximate surface area is 157 Å². The van der Waals surface area contributed by atoms with E-state index < -0.39 is 0 Å². The molecule has 0 aromatic heterocycles. The maximum absolute atomic E-state index is 11.4. The molecule has 0 spiro atoms. The highest BCUT2D eigenvalue weighted by Gasteiger charge is 2.05. The SMILES string of the molecule is CC.CC.CC(C)C(=O)CCCCCOCCCCCCCNC=O. The molecule has 0 radical (unpaired) electrons. The fraction of sp³-hybridized carbons (Fsp3) is 0.905. The van der Waals surface area contributed by atoms with E-state index in [2.05, 4.69) is 5.32 Å². The number of hydrogen-bond acceptors (Lipinski definition) is 3. The highest BCUT2D eigenvalue weighted by molar-refractivity contribution is 5.80. The van der Waals surface area contributed by atoms with Crippen LogP contribution < -0.4 is 5.32 Å². The van der Waals surface area contributed by atoms with E-state index in [1.165, 1.54) is 19.3 Å². The molecule has 0 heterocycles. The van der Waals surface area contributed by atoms with Crippen LogP contribution in [0.15, 0.2) is 0 Å². The minimum absolute atomic E-state index is 0.176. The van der Waals surface area contributed by atoms with Gasteiger partial charge < -0.3 is 10.1 Å². The molecule has 25 heavy (non-hydrogen) atoms. The zero-order valence-corrected chi connectivity index (χ0v) is 17.9. The Balaban J connectivity index is -0.00000112. The van der Waals surface area contributed by atoms with E-state index in [4.69, 9.17) is 4.74 Å². The van der Waals surface area contributed by atoms with Gasteiger partial charge in [-0.2, -0.15) is 0 Å². The minimum Gasteiger partial charge on any atom is -0.381 e. The van der Waals surface area contributed by atoms with Gasteiger partial charge in [0.25, 0.3) is 0 Å². The van der Waals surface area contributed by atoms with Crippen LogP contribution in [0, 0.1) is 5.92 Å². The van der Waals surface area contributed by atoms with Crippen molar-refractivity contribution < 1.29 is 14.3 Å². The Hall–Kier alpha value is -0.900. The number of ketones is 1. The zero-order chi connectivity index (χ0) is 19.8. The van der Waals surface area contributed by atoms with Crippen LogP contribution in [0.5, 0.6) is 0 Å². The summed E-state index contributed by atoms with van der Waals surface area (Å²) in [4.78, 5) is 21.4. The van der Waals surface area contributed by atoms with Gasteiger partial charge in [-0.25, -0.2) is 0 Å². The first-order valence-electron chi connectivity index (χ1n) is 10.5. The predicted octanol–water partition coefficient (Wildman–Crippen LogP) is 5.54. The highest BCUT2D eigenvalue weighted by Crippen LogP contribution is 2.07. The van der Waals surface area contributed by atoms with Gasteiger partial charge in [-0.1, -0.05) is 67.2 Å². The molecule has 4 heteroatoms. The second-order valence-electron chi connectivity index (χ2n) is 5.88. The fourth-order valence-corrected chi connectivity index (χ4v) is 2.09. The van der Waals surface area contributed by atoms with Crippen LogP contribution in [-0.4, -0.2) is 32.0 Å². The molecule has 0 fully saturated rings. The summed E-state index contributed by atoms with van der Waals surface area (Å²) in [6.07, 6.45) is 10.4. The van der Waals surface area contributed by atoms with Crippen molar-refractivity contribution in [2.75, 3.05) is 19.8 Å². The lowest BCUT2D eigenvalue weighted by Gasteiger charge is -2.05. The molecule has 1 amide bonds. The summed E-state index contributed by atoms with van der Waals surface area (Å²) in [6.45, 7) is 14.4. The van der Waals surface area contributed by atoms with E-state index in [-0.39, 0.29) is 5.92 Å². The third kappa shape index (κ3) is 28.2. The van der Waals surface area contributed by atoms with Crippen molar-refractivity contribution >= 4 is 12.2 Å². The minimum atomic E-state index is 0.176. The third-order valence-corrected chi connectivity index (χ3v) is 3.55. The van der Waals surface area contributed by atoms with Gasteiger partial charge in [-0.15, -0.1) is 0 Å². The molecule has 0 aliphatic rings. The van der Waals surface area contributed by atoms with Crippen molar-refractivity contribution in [3.63, 3.8) is 0 Å². The lowest BCUT2D eigenvalue weighted by atomic mass is 10.0. The van der Waals surface area contributed by atoms with Crippen LogP contribution in [0.1, 0.15) is 99.3 Å². The van der Waals surface area contributed by atoms with Crippen molar-refractivity contribution in [2.24, 2.45) is 5.92 Å². The molecule has 0 bridgehead atoms. The largest absolute Gasteiger partial charge is 0.381 e. The number of Topliss-reactive ketones (excluding diaryl/α,β-unsaturated/α-hetero) is 1. The van der Waals surface area contributed by atoms with Crippen molar-refractivity contribution in [2.45, 2.75) is 99.3 Å². The molecule has 0 unspecified atom stereocenters. The Morgan fingerprint density at radius 3 is 1.84 bits per heavy atom. The van der Waals surface area contributed by atoms with Crippen molar-refractivity contribution in [3.05, 3.63) is 0 Å². The Kier molecular flexibility index (Phi) is 32.3. The maximum Gasteiger partial charge on any atom is 0.207 e. The molecule has 4 nitrogen and oxygen atoms in total. The molecule has 0 aromatic rings. The van der Waals surface area contributed by atoms with E-state index in [0.29, 0.717) is 5.78 Å². The molecule has 0 atom stereocenters. The molecule has 0 saturated carbocycles. The van der Waals surface area contributed by atoms with Gasteiger partial charge in [-0.05, 0) is 25.7 Å². The normalized spacial score (nSPS) is 9.56. The predicted molar refractivity (Wildman–Crippen MR) is 109 cm³/mol. The van der Waals surface area contributed by atoms with Gasteiger partial charge in [-0.3, -0.25) is 9.59 Å². The van der Waals surface area contributed by atoms with Crippen LogP contribution in [-0.2, 0) is 14.3 Å². The monoisotopic (exact) mass is 359 g/mol. The first-order chi connectivity index (χ1) is 12.2. The number of carbonyl (C=O) groups excluding carboxylic acids is 2. The lowest BCUT2D eigenvalue weighted by molar-refractivity contribution is -0.122. The summed E-state index contributed by atoms with van der Waals surface area (Å²) >= 11 is 0. The molecule has 152 valence electrons. The molecular formula is C21H45NO3. The quantitative estimate of drug-likeness (QED) is 0.291. The number of unbranched alkanes of at least 4 members (excludes halogenated alkanes) is 6. The topological polar surface area (TPSA) is 55.4 Å². The molecule has 0 rings (SSSR count). The first kappa shape index (κ1) is 28.9. The summed E-state index contributed by atoms with van der Waals surface area (Å²) in [6, 6.07) is 0. The van der Waals surface area contributed by atoms with Crippen LogP contribution >= 0.6 is 0 Å². The highest BCUT2D eigenvalue weighted by atomic mass is 16.5. The van der Waals surface area contributed by atoms with E-state index in [1.807, 2.05) is 41.5 Å². The maximum atomic E-state index is 11.4. The van der Waals surface area contributed by atoms with E-state index in [1.54, 1.807) is 0 Å². The van der Waals surface area contributed by atoms with Gasteiger partial charge >= 0.3 is 0 Å². The fourth-order valence-electron chi connectivity index (χ4n) is 2.09. The third-order valence-electron chi connectivity index (χ3n) is 3.55. The van der Waals surface area contributed by atoms with Crippen molar-refractivity contribution in [1.29, 1.82) is 0 Å². The zero-order valence-electron chi connectivity index (χ0n) is 17.9. The van der Waals surface area contributed by atoms with Crippen LogP contribution in [0.4, 0.5) is 0 Å². The second-order valence-corrected chi connectivity index (χ2v) is 5.88. The lowest BCUT2D eigenvalue weighted by Crippen LogP contribution is -2.11. The number of rotatable bonds is 16. The van der Waals surface area contributed by atoms with Gasteiger partial charge in [0.2, 0.25) is 6.41 Å². The first-order valence-corrected chi connectivity index (χ1v) is 10.5. The molecule has 0 saturated heterocycles. The number of carbonyl (C=O) groups is 2. The van der Waals surface area contributed by atoms with Crippen LogP contribution in [0.25, 0.3) is 0 Å². The average Bonchev–Trinajstić information content (AvgIpc) is 2.65. The molecule has 0 aliphatic carbocycles.